The first-order valence-electron chi connectivity index (χ1n) is 6.48. The summed E-state index contributed by atoms with van der Waals surface area (Å²) in [5.41, 5.74) is 0.968. The van der Waals surface area contributed by atoms with Crippen molar-refractivity contribution < 1.29 is 8.42 Å². The van der Waals surface area contributed by atoms with Crippen LogP contribution in [0.2, 0.25) is 0 Å². The second-order valence-corrected chi connectivity index (χ2v) is 9.76. The highest BCUT2D eigenvalue weighted by Gasteiger charge is 2.35. The number of sulfonamides is 1. The number of halogens is 1. The van der Waals surface area contributed by atoms with E-state index in [-0.39, 0.29) is 6.04 Å². The van der Waals surface area contributed by atoms with Crippen molar-refractivity contribution >= 4 is 37.3 Å². The summed E-state index contributed by atoms with van der Waals surface area (Å²) >= 11 is 4.66. The molecule has 1 aromatic heterocycles. The molecular weight excluding hydrogens is 348 g/mol. The van der Waals surface area contributed by atoms with Gasteiger partial charge in [-0.15, -0.1) is 11.3 Å². The van der Waals surface area contributed by atoms with Gasteiger partial charge in [-0.25, -0.2) is 13.1 Å². The lowest BCUT2D eigenvalue weighted by Gasteiger charge is -2.29. The van der Waals surface area contributed by atoms with Gasteiger partial charge in [-0.3, -0.25) is 0 Å². The molecule has 2 N–H and O–H groups in total. The Balaban J connectivity index is 1.75. The van der Waals surface area contributed by atoms with Gasteiger partial charge in [-0.05, 0) is 60.2 Å². The Bertz CT molecular complexity index is 553. The molecule has 106 valence electrons. The first-order valence-corrected chi connectivity index (χ1v) is 9.57. The molecule has 0 spiro atoms. The topological polar surface area (TPSA) is 58.2 Å². The lowest BCUT2D eigenvalue weighted by Crippen LogP contribution is -2.47. The summed E-state index contributed by atoms with van der Waals surface area (Å²) in [6, 6.07) is 2.78. The smallest absolute Gasteiger partial charge is 0.250 e. The molecule has 2 saturated heterocycles. The zero-order valence-electron chi connectivity index (χ0n) is 10.6. The van der Waals surface area contributed by atoms with E-state index in [2.05, 4.69) is 26.0 Å². The average molecular weight is 365 g/mol. The van der Waals surface area contributed by atoms with E-state index in [0.29, 0.717) is 16.3 Å². The summed E-state index contributed by atoms with van der Waals surface area (Å²) < 4.78 is 28.9. The maximum Gasteiger partial charge on any atom is 0.250 e. The Kier molecular flexibility index (Phi) is 3.77. The largest absolute Gasteiger partial charge is 0.311 e. The van der Waals surface area contributed by atoms with Crippen molar-refractivity contribution in [3.05, 3.63) is 15.4 Å². The number of rotatable bonds is 3. The van der Waals surface area contributed by atoms with Gasteiger partial charge in [0.1, 0.15) is 4.21 Å². The van der Waals surface area contributed by atoms with Gasteiger partial charge in [-0.1, -0.05) is 0 Å². The molecule has 0 aromatic carbocycles. The molecule has 7 heteroatoms. The number of aryl methyl sites for hydroxylation is 1. The SMILES string of the molecule is Cc1cc(S(=O)(=O)NC2CC3CCC(C2)N3)sc1Br. The molecule has 0 aliphatic carbocycles. The van der Waals surface area contributed by atoms with Crippen LogP contribution in [-0.2, 0) is 10.0 Å². The zero-order chi connectivity index (χ0) is 13.6. The summed E-state index contributed by atoms with van der Waals surface area (Å²) in [4.78, 5) is 0. The van der Waals surface area contributed by atoms with Crippen LogP contribution < -0.4 is 10.0 Å². The Morgan fingerprint density at radius 1 is 1.37 bits per heavy atom. The van der Waals surface area contributed by atoms with Crippen LogP contribution in [0.25, 0.3) is 0 Å². The lowest BCUT2D eigenvalue weighted by molar-refractivity contribution is 0.345. The second kappa shape index (κ2) is 5.11. The fourth-order valence-corrected chi connectivity index (χ4v) is 6.50. The molecule has 0 saturated carbocycles. The van der Waals surface area contributed by atoms with Gasteiger partial charge < -0.3 is 5.32 Å². The molecule has 0 amide bonds. The minimum atomic E-state index is -3.37. The third-order valence-corrected chi connectivity index (χ3v) is 8.03. The van der Waals surface area contributed by atoms with Crippen molar-refractivity contribution in [2.45, 2.75) is 54.9 Å². The van der Waals surface area contributed by atoms with Gasteiger partial charge >= 0.3 is 0 Å². The summed E-state index contributed by atoms with van der Waals surface area (Å²) in [5.74, 6) is 0. The van der Waals surface area contributed by atoms with Gasteiger partial charge in [-0.2, -0.15) is 0 Å². The molecule has 1 aromatic rings. The summed E-state index contributed by atoms with van der Waals surface area (Å²) in [6.45, 7) is 1.91. The summed E-state index contributed by atoms with van der Waals surface area (Å²) in [6.07, 6.45) is 4.15. The molecule has 2 aliphatic rings. The number of thiophene rings is 1. The van der Waals surface area contributed by atoms with E-state index in [1.54, 1.807) is 6.07 Å². The second-order valence-electron chi connectivity index (χ2n) is 5.45. The van der Waals surface area contributed by atoms with Crippen LogP contribution in [0.4, 0.5) is 0 Å². The minimum Gasteiger partial charge on any atom is -0.311 e. The Morgan fingerprint density at radius 2 is 2.00 bits per heavy atom. The van der Waals surface area contributed by atoms with Gasteiger partial charge in [0.05, 0.1) is 3.79 Å². The number of nitrogens with one attached hydrogen (secondary N) is 2. The quantitative estimate of drug-likeness (QED) is 0.865. The van der Waals surface area contributed by atoms with Gasteiger partial charge in [0.15, 0.2) is 0 Å². The van der Waals surface area contributed by atoms with Crippen LogP contribution in [0.5, 0.6) is 0 Å². The Morgan fingerprint density at radius 3 is 2.53 bits per heavy atom. The molecular formula is C12H17BrN2O2S2. The van der Waals surface area contributed by atoms with Crippen molar-refractivity contribution in [3.63, 3.8) is 0 Å². The fourth-order valence-electron chi connectivity index (χ4n) is 3.00. The van der Waals surface area contributed by atoms with Gasteiger partial charge in [0.2, 0.25) is 10.0 Å². The predicted octanol–water partition coefficient (Wildman–Crippen LogP) is 2.38. The average Bonchev–Trinajstić information content (AvgIpc) is 2.83. The molecule has 0 radical (unpaired) electrons. The van der Waals surface area contributed by atoms with Crippen LogP contribution in [0, 0.1) is 6.92 Å². The monoisotopic (exact) mass is 364 g/mol. The first-order chi connectivity index (χ1) is 8.94. The first kappa shape index (κ1) is 14.0. The highest BCUT2D eigenvalue weighted by molar-refractivity contribution is 9.11. The highest BCUT2D eigenvalue weighted by Crippen LogP contribution is 2.32. The van der Waals surface area contributed by atoms with Crippen LogP contribution in [-0.4, -0.2) is 26.5 Å². The third kappa shape index (κ3) is 2.90. The molecule has 2 aliphatic heterocycles. The van der Waals surface area contributed by atoms with E-state index in [9.17, 15) is 8.42 Å². The maximum atomic E-state index is 12.4. The van der Waals surface area contributed by atoms with Crippen LogP contribution in [0.15, 0.2) is 14.1 Å². The third-order valence-electron chi connectivity index (χ3n) is 3.89. The van der Waals surface area contributed by atoms with E-state index < -0.39 is 10.0 Å². The minimum absolute atomic E-state index is 0.0740. The van der Waals surface area contributed by atoms with Crippen LogP contribution >= 0.6 is 27.3 Å². The van der Waals surface area contributed by atoms with E-state index in [1.165, 1.54) is 24.2 Å². The number of hydrogen-bond donors (Lipinski definition) is 2. The van der Waals surface area contributed by atoms with Crippen molar-refractivity contribution in [2.75, 3.05) is 0 Å². The number of hydrogen-bond acceptors (Lipinski definition) is 4. The van der Waals surface area contributed by atoms with Crippen LogP contribution in [0.3, 0.4) is 0 Å². The molecule has 2 fully saturated rings. The van der Waals surface area contributed by atoms with E-state index in [0.717, 1.165) is 22.2 Å². The zero-order valence-corrected chi connectivity index (χ0v) is 13.9. The molecule has 4 nitrogen and oxygen atoms in total. The van der Waals surface area contributed by atoms with Crippen molar-refractivity contribution in [2.24, 2.45) is 0 Å². The van der Waals surface area contributed by atoms with Gasteiger partial charge in [0, 0.05) is 18.1 Å². The standard InChI is InChI=1S/C12H17BrN2O2S2/c1-7-4-11(18-12(7)13)19(16,17)15-10-5-8-2-3-9(6-10)14-8/h4,8-10,14-15H,2-3,5-6H2,1H3. The van der Waals surface area contributed by atoms with Crippen molar-refractivity contribution in [1.29, 1.82) is 0 Å². The van der Waals surface area contributed by atoms with E-state index >= 15 is 0 Å². The normalized spacial score (nSPS) is 30.7. The molecule has 3 rings (SSSR count). The summed E-state index contributed by atoms with van der Waals surface area (Å²) in [5, 5.41) is 3.52. The Hall–Kier alpha value is 0.0500. The molecule has 3 heterocycles. The molecule has 2 unspecified atom stereocenters. The molecule has 19 heavy (non-hydrogen) atoms. The summed E-state index contributed by atoms with van der Waals surface area (Å²) in [7, 11) is -3.37. The predicted molar refractivity (Wildman–Crippen MR) is 80.0 cm³/mol. The Labute approximate surface area is 126 Å². The van der Waals surface area contributed by atoms with E-state index in [1.807, 2.05) is 6.92 Å². The van der Waals surface area contributed by atoms with Gasteiger partial charge in [0.25, 0.3) is 0 Å². The fraction of sp³-hybridized carbons (Fsp3) is 0.667. The van der Waals surface area contributed by atoms with Crippen LogP contribution in [0.1, 0.15) is 31.2 Å². The number of fused-ring (bicyclic) bond motifs is 2. The lowest BCUT2D eigenvalue weighted by atomic mass is 10.0. The molecule has 2 atom stereocenters. The maximum absolute atomic E-state index is 12.4. The molecule has 2 bridgehead atoms. The number of piperidine rings is 1. The highest BCUT2D eigenvalue weighted by atomic mass is 79.9. The van der Waals surface area contributed by atoms with Crippen molar-refractivity contribution in [1.82, 2.24) is 10.0 Å². The van der Waals surface area contributed by atoms with Crippen molar-refractivity contribution in [3.8, 4) is 0 Å². The van der Waals surface area contributed by atoms with E-state index in [4.69, 9.17) is 0 Å².